The zero-order chi connectivity index (χ0) is 29.3. The highest BCUT2D eigenvalue weighted by Gasteiger charge is 2.35. The van der Waals surface area contributed by atoms with Crippen LogP contribution in [0.2, 0.25) is 0 Å². The largest absolute Gasteiger partial charge is 0.506 e. The first-order valence-corrected chi connectivity index (χ1v) is 15.6. The van der Waals surface area contributed by atoms with Crippen molar-refractivity contribution in [1.29, 1.82) is 0 Å². The Labute approximate surface area is 262 Å². The van der Waals surface area contributed by atoms with E-state index in [9.17, 15) is 14.7 Å². The minimum Gasteiger partial charge on any atom is -0.506 e. The molecule has 0 aliphatic carbocycles. The molecule has 10 heteroatoms. The average molecular weight is 745 g/mol. The highest BCUT2D eigenvalue weighted by Crippen LogP contribution is 2.36. The van der Waals surface area contributed by atoms with Crippen LogP contribution in [0, 0.1) is 3.57 Å². The van der Waals surface area contributed by atoms with Gasteiger partial charge in [0.2, 0.25) is 0 Å². The molecule has 1 aliphatic heterocycles. The lowest BCUT2D eigenvalue weighted by Crippen LogP contribution is -2.40. The fourth-order valence-corrected chi connectivity index (χ4v) is 7.14. The zero-order valence-electron chi connectivity index (χ0n) is 22.4. The first-order chi connectivity index (χ1) is 19.7. The zero-order valence-corrected chi connectivity index (χ0v) is 27.0. The lowest BCUT2D eigenvalue weighted by molar-refractivity contribution is -0.138. The molecule has 7 nitrogen and oxygen atoms in total. The highest BCUT2D eigenvalue weighted by atomic mass is 127. The highest BCUT2D eigenvalue weighted by molar-refractivity contribution is 14.1. The van der Waals surface area contributed by atoms with Crippen molar-refractivity contribution in [3.05, 3.63) is 117 Å². The summed E-state index contributed by atoms with van der Waals surface area (Å²) in [6, 6.07) is 19.5. The van der Waals surface area contributed by atoms with Crippen molar-refractivity contribution in [2.24, 2.45) is 4.99 Å². The summed E-state index contributed by atoms with van der Waals surface area (Å²) in [6.07, 6.45) is 1.65. The van der Waals surface area contributed by atoms with E-state index >= 15 is 0 Å². The van der Waals surface area contributed by atoms with Gasteiger partial charge in [-0.05, 0) is 79.3 Å². The number of benzene rings is 3. The number of aromatic nitrogens is 1. The molecule has 0 amide bonds. The Morgan fingerprint density at radius 3 is 2.54 bits per heavy atom. The number of rotatable bonds is 7. The molecule has 0 unspecified atom stereocenters. The number of fused-ring (bicyclic) bond motifs is 1. The van der Waals surface area contributed by atoms with Crippen molar-refractivity contribution in [2.45, 2.75) is 32.9 Å². The van der Waals surface area contributed by atoms with Gasteiger partial charge in [-0.3, -0.25) is 9.36 Å². The number of carbonyl (C=O) groups is 1. The molecule has 5 rings (SSSR count). The second-order valence-electron chi connectivity index (χ2n) is 9.49. The molecule has 4 aromatic rings. The SMILES string of the molecule is CCOC(=O)C1=C(c2ccccc2)N=c2s/c(=C\c3cc(Br)cc(I)c3O)c(=O)n2[C@@H]1c1ccc(OC(C)C)cc1. The molecule has 2 heterocycles. The molecule has 3 aromatic carbocycles. The predicted molar refractivity (Wildman–Crippen MR) is 172 cm³/mol. The first kappa shape index (κ1) is 29.3. The predicted octanol–water partition coefficient (Wildman–Crippen LogP) is 5.80. The van der Waals surface area contributed by atoms with Gasteiger partial charge in [0.05, 0.1) is 38.1 Å². The minimum atomic E-state index is -0.799. The fraction of sp³-hybridized carbons (Fsp3) is 0.194. The summed E-state index contributed by atoms with van der Waals surface area (Å²) in [5, 5.41) is 10.7. The molecule has 0 fully saturated rings. The van der Waals surface area contributed by atoms with E-state index in [2.05, 4.69) is 15.9 Å². The molecule has 1 atom stereocenters. The van der Waals surface area contributed by atoms with E-state index in [1.807, 2.05) is 91.0 Å². The van der Waals surface area contributed by atoms with Gasteiger partial charge in [-0.1, -0.05) is 69.7 Å². The normalized spacial score (nSPS) is 15.1. The number of esters is 1. The maximum absolute atomic E-state index is 14.1. The molecule has 0 bridgehead atoms. The van der Waals surface area contributed by atoms with Gasteiger partial charge in [-0.15, -0.1) is 0 Å². The Morgan fingerprint density at radius 1 is 1.17 bits per heavy atom. The third-order valence-corrected chi connectivity index (χ3v) is 8.55. The van der Waals surface area contributed by atoms with Crippen molar-refractivity contribution >= 4 is 67.6 Å². The van der Waals surface area contributed by atoms with Gasteiger partial charge >= 0.3 is 5.97 Å². The topological polar surface area (TPSA) is 90.1 Å². The number of aromatic hydroxyl groups is 1. The van der Waals surface area contributed by atoms with Crippen molar-refractivity contribution in [3.63, 3.8) is 0 Å². The van der Waals surface area contributed by atoms with Gasteiger partial charge < -0.3 is 14.6 Å². The lowest BCUT2D eigenvalue weighted by atomic mass is 9.93. The number of phenolic OH excluding ortho intramolecular Hbond substituents is 1. The summed E-state index contributed by atoms with van der Waals surface area (Å²) in [6.45, 7) is 5.81. The van der Waals surface area contributed by atoms with Crippen LogP contribution in [0.25, 0.3) is 11.8 Å². The van der Waals surface area contributed by atoms with Crippen molar-refractivity contribution < 1.29 is 19.4 Å². The van der Waals surface area contributed by atoms with Crippen LogP contribution < -0.4 is 19.6 Å². The molecule has 1 N–H and O–H groups in total. The number of thiazole rings is 1. The summed E-state index contributed by atoms with van der Waals surface area (Å²) in [5.74, 6) is 0.214. The third-order valence-electron chi connectivity index (χ3n) is 6.29. The summed E-state index contributed by atoms with van der Waals surface area (Å²) in [5.41, 5.74) is 2.33. The van der Waals surface area contributed by atoms with Gasteiger partial charge in [0.15, 0.2) is 4.80 Å². The molecule has 0 saturated carbocycles. The number of phenols is 1. The van der Waals surface area contributed by atoms with Gasteiger partial charge in [-0.25, -0.2) is 9.79 Å². The Bertz CT molecular complexity index is 1830. The maximum atomic E-state index is 14.1. The Hall–Kier alpha value is -3.22. The number of hydrogen-bond donors (Lipinski definition) is 1. The Morgan fingerprint density at radius 2 is 1.88 bits per heavy atom. The monoisotopic (exact) mass is 744 g/mol. The molecule has 1 aromatic heterocycles. The van der Waals surface area contributed by atoms with E-state index in [0.29, 0.717) is 35.5 Å². The molecule has 0 saturated heterocycles. The van der Waals surface area contributed by atoms with E-state index in [4.69, 9.17) is 14.5 Å². The molecular formula is C31H26BrIN2O5S. The van der Waals surface area contributed by atoms with Crippen LogP contribution in [-0.4, -0.2) is 28.4 Å². The van der Waals surface area contributed by atoms with Crippen molar-refractivity contribution in [2.75, 3.05) is 6.61 Å². The number of carbonyl (C=O) groups excluding carboxylic acids is 1. The van der Waals surface area contributed by atoms with Crippen LogP contribution in [0.15, 0.2) is 86.6 Å². The fourth-order valence-electron chi connectivity index (χ4n) is 4.59. The summed E-state index contributed by atoms with van der Waals surface area (Å²) in [4.78, 5) is 32.9. The van der Waals surface area contributed by atoms with Crippen LogP contribution in [0.5, 0.6) is 11.5 Å². The van der Waals surface area contributed by atoms with Crippen molar-refractivity contribution in [1.82, 2.24) is 4.57 Å². The van der Waals surface area contributed by atoms with Gasteiger partial charge in [-0.2, -0.15) is 0 Å². The maximum Gasteiger partial charge on any atom is 0.338 e. The first-order valence-electron chi connectivity index (χ1n) is 12.9. The summed E-state index contributed by atoms with van der Waals surface area (Å²) in [7, 11) is 0. The number of halogens is 2. The molecule has 41 heavy (non-hydrogen) atoms. The molecule has 210 valence electrons. The smallest absolute Gasteiger partial charge is 0.338 e. The number of hydrogen-bond acceptors (Lipinski definition) is 7. The van der Waals surface area contributed by atoms with Crippen LogP contribution in [0.1, 0.15) is 43.5 Å². The van der Waals surface area contributed by atoms with Crippen LogP contribution in [0.4, 0.5) is 0 Å². The lowest BCUT2D eigenvalue weighted by Gasteiger charge is -2.26. The van der Waals surface area contributed by atoms with Gasteiger partial charge in [0.1, 0.15) is 11.5 Å². The third kappa shape index (κ3) is 6.05. The summed E-state index contributed by atoms with van der Waals surface area (Å²) >= 11 is 6.71. The van der Waals surface area contributed by atoms with Gasteiger partial charge in [0, 0.05) is 15.6 Å². The van der Waals surface area contributed by atoms with E-state index < -0.39 is 12.0 Å². The Balaban J connectivity index is 1.80. The van der Waals surface area contributed by atoms with Crippen molar-refractivity contribution in [3.8, 4) is 11.5 Å². The van der Waals surface area contributed by atoms with Crippen LogP contribution in [0.3, 0.4) is 0 Å². The molecule has 1 aliphatic rings. The number of nitrogens with zero attached hydrogens (tertiary/aromatic N) is 2. The molecule has 0 radical (unpaired) electrons. The van der Waals surface area contributed by atoms with E-state index in [1.165, 1.54) is 15.9 Å². The number of ether oxygens (including phenoxy) is 2. The van der Waals surface area contributed by atoms with Crippen LogP contribution in [-0.2, 0) is 9.53 Å². The standard InChI is InChI=1S/C31H26BrIN2O5S/c1-4-39-30(38)25-26(18-8-6-5-7-9-18)34-31-35(27(25)19-10-12-22(13-11-19)40-17(2)3)29(37)24(41-31)15-20-14-21(32)16-23(33)28(20)36/h5-17,27,36H,4H2,1-3H3/b24-15-/t27-/m1/s1. The van der Waals surface area contributed by atoms with Gasteiger partial charge in [0.25, 0.3) is 5.56 Å². The Kier molecular flexibility index (Phi) is 8.81. The van der Waals surface area contributed by atoms with Crippen LogP contribution >= 0.6 is 49.9 Å². The quantitative estimate of drug-likeness (QED) is 0.191. The van der Waals surface area contributed by atoms with E-state index in [1.54, 1.807) is 25.1 Å². The summed E-state index contributed by atoms with van der Waals surface area (Å²) < 4.78 is 14.7. The van der Waals surface area contributed by atoms with E-state index in [-0.39, 0.29) is 29.6 Å². The molecule has 0 spiro atoms. The van der Waals surface area contributed by atoms with E-state index in [0.717, 1.165) is 10.0 Å². The average Bonchev–Trinajstić information content (AvgIpc) is 3.25. The second kappa shape index (κ2) is 12.3. The second-order valence-corrected chi connectivity index (χ2v) is 12.6. The minimum absolute atomic E-state index is 0.00399. The molecular weight excluding hydrogens is 719 g/mol.